The number of rotatable bonds is 6. The largest absolute Gasteiger partial charge is 0.461 e. The second-order valence-corrected chi connectivity index (χ2v) is 13.2. The molecule has 0 radical (unpaired) electrons. The number of thioether (sulfide) groups is 1. The molecule has 7 nitrogen and oxygen atoms in total. The average Bonchev–Trinajstić information content (AvgIpc) is 3.36. The van der Waals surface area contributed by atoms with Crippen LogP contribution in [0.2, 0.25) is 0 Å². The van der Waals surface area contributed by atoms with Crippen LogP contribution < -0.4 is 9.64 Å². The summed E-state index contributed by atoms with van der Waals surface area (Å²) in [6.07, 6.45) is 8.85. The third-order valence-electron chi connectivity index (χ3n) is 8.19. The number of benzene rings is 2. The molecule has 3 aliphatic rings. The minimum Gasteiger partial charge on any atom is -0.461 e. The number of carbonyl (C=O) groups excluding carboxylic acids is 1. The summed E-state index contributed by atoms with van der Waals surface area (Å²) in [5.74, 6) is -2.18. The fourth-order valence-electron chi connectivity index (χ4n) is 6.44. The van der Waals surface area contributed by atoms with E-state index in [1.807, 2.05) is 36.6 Å². The molecule has 0 aromatic heterocycles. The molecule has 0 atom stereocenters. The number of para-hydroxylation sites is 1. The molecule has 1 aliphatic heterocycles. The Balaban J connectivity index is 1.62. The molecule has 38 heavy (non-hydrogen) atoms. The van der Waals surface area contributed by atoms with E-state index in [0.29, 0.717) is 23.4 Å². The standard InChI is InChI=1S/C28H33FN2O5S2/c1-4-35-26(32)21(29)16-36-23-15-25-22(14-24(23)37-3)31(20-10-6-5-7-11-20)19-28(30(2)38(25,33)34)17-27(18-28)12-8-9-13-27/h5-7,10-11,14-16H,4,8-9,12-13,17-19H2,1-3H3/b21-16-. The molecule has 1 heterocycles. The molecular weight excluding hydrogens is 527 g/mol. The Morgan fingerprint density at radius 2 is 1.84 bits per heavy atom. The summed E-state index contributed by atoms with van der Waals surface area (Å²) < 4.78 is 54.3. The third-order valence-corrected chi connectivity index (χ3v) is 10.9. The number of likely N-dealkylation sites (N-methyl/N-ethyl adjacent to an activating group) is 1. The summed E-state index contributed by atoms with van der Waals surface area (Å²) in [6.45, 7) is 2.14. The van der Waals surface area contributed by atoms with Gasteiger partial charge in [0.15, 0.2) is 0 Å². The van der Waals surface area contributed by atoms with Crippen molar-refractivity contribution >= 4 is 39.1 Å². The number of fused-ring (bicyclic) bond motifs is 1. The summed E-state index contributed by atoms with van der Waals surface area (Å²) in [7, 11) is -2.25. The lowest BCUT2D eigenvalue weighted by Crippen LogP contribution is -2.64. The van der Waals surface area contributed by atoms with Gasteiger partial charge < -0.3 is 14.4 Å². The lowest BCUT2D eigenvalue weighted by molar-refractivity contribution is -0.140. The van der Waals surface area contributed by atoms with Gasteiger partial charge in [-0.15, -0.1) is 11.8 Å². The molecule has 0 amide bonds. The van der Waals surface area contributed by atoms with Crippen molar-refractivity contribution in [1.82, 2.24) is 4.31 Å². The van der Waals surface area contributed by atoms with Crippen molar-refractivity contribution in [1.29, 1.82) is 0 Å². The van der Waals surface area contributed by atoms with E-state index in [1.54, 1.807) is 24.3 Å². The Labute approximate surface area is 228 Å². The van der Waals surface area contributed by atoms with Gasteiger partial charge in [-0.2, -0.15) is 8.70 Å². The summed E-state index contributed by atoms with van der Waals surface area (Å²) >= 11 is 1.35. The zero-order valence-corrected chi connectivity index (χ0v) is 23.5. The van der Waals surface area contributed by atoms with E-state index in [4.69, 9.17) is 4.74 Å². The minimum atomic E-state index is -3.93. The molecule has 2 aromatic carbocycles. The van der Waals surface area contributed by atoms with Crippen LogP contribution in [0.15, 0.2) is 64.3 Å². The lowest BCUT2D eigenvalue weighted by atomic mass is 9.56. The van der Waals surface area contributed by atoms with Crippen molar-refractivity contribution in [2.24, 2.45) is 5.41 Å². The number of esters is 1. The number of ether oxygens (including phenoxy) is 2. The van der Waals surface area contributed by atoms with Crippen molar-refractivity contribution in [3.8, 4) is 5.75 Å². The van der Waals surface area contributed by atoms with Gasteiger partial charge in [-0.1, -0.05) is 31.0 Å². The van der Waals surface area contributed by atoms with Gasteiger partial charge in [0.1, 0.15) is 16.9 Å². The fourth-order valence-corrected chi connectivity index (χ4v) is 8.66. The highest BCUT2D eigenvalue weighted by atomic mass is 32.2. The minimum absolute atomic E-state index is 0.0257. The summed E-state index contributed by atoms with van der Waals surface area (Å²) in [5.41, 5.74) is 1.14. The fraction of sp³-hybridized carbons (Fsp3) is 0.464. The summed E-state index contributed by atoms with van der Waals surface area (Å²) in [5, 5.41) is 0. The van der Waals surface area contributed by atoms with Crippen LogP contribution in [0.3, 0.4) is 0 Å². The maximum atomic E-state index is 14.2. The first-order valence-corrected chi connectivity index (χ1v) is 15.5. The van der Waals surface area contributed by atoms with Crippen molar-refractivity contribution in [2.75, 3.05) is 31.4 Å². The number of hydrogen-bond donors (Lipinski definition) is 0. The molecule has 2 fully saturated rings. The number of carbonyl (C=O) groups is 1. The zero-order valence-electron chi connectivity index (χ0n) is 21.9. The first-order chi connectivity index (χ1) is 18.1. The topological polar surface area (TPSA) is 76.2 Å². The Kier molecular flexibility index (Phi) is 7.26. The molecule has 10 heteroatoms. The smallest absolute Gasteiger partial charge is 0.370 e. The van der Waals surface area contributed by atoms with Crippen molar-refractivity contribution < 1.29 is 27.1 Å². The van der Waals surface area contributed by atoms with Gasteiger partial charge >= 0.3 is 5.97 Å². The van der Waals surface area contributed by atoms with Crippen LogP contribution in [-0.4, -0.2) is 50.7 Å². The van der Waals surface area contributed by atoms with Crippen molar-refractivity contribution in [3.05, 3.63) is 54.6 Å². The van der Waals surface area contributed by atoms with Crippen LogP contribution in [0, 0.1) is 5.41 Å². The SMILES string of the molecule is CCOC(=O)/C(F)=C/Oc1cc2c(cc1SC)N(c1ccccc1)CC1(CC3(CCCC3)C1)N(C)S2(=O)=O. The predicted molar refractivity (Wildman–Crippen MR) is 146 cm³/mol. The van der Waals surface area contributed by atoms with Gasteiger partial charge in [0.25, 0.3) is 0 Å². The van der Waals surface area contributed by atoms with E-state index in [-0.39, 0.29) is 22.7 Å². The monoisotopic (exact) mass is 560 g/mol. The van der Waals surface area contributed by atoms with Crippen molar-refractivity contribution in [3.63, 3.8) is 0 Å². The number of anilines is 2. The molecule has 0 bridgehead atoms. The van der Waals surface area contributed by atoms with Gasteiger partial charge in [0.2, 0.25) is 15.9 Å². The van der Waals surface area contributed by atoms with Gasteiger partial charge in [-0.25, -0.2) is 13.2 Å². The van der Waals surface area contributed by atoms with E-state index in [9.17, 15) is 17.6 Å². The van der Waals surface area contributed by atoms with Gasteiger partial charge in [-0.3, -0.25) is 0 Å². The van der Waals surface area contributed by atoms with E-state index < -0.39 is 27.4 Å². The Morgan fingerprint density at radius 1 is 1.16 bits per heavy atom. The molecule has 0 unspecified atom stereocenters. The first kappa shape index (κ1) is 27.0. The third kappa shape index (κ3) is 4.60. The van der Waals surface area contributed by atoms with Crippen LogP contribution in [0.5, 0.6) is 5.75 Å². The van der Waals surface area contributed by atoms with Crippen LogP contribution in [0.4, 0.5) is 15.8 Å². The highest BCUT2D eigenvalue weighted by molar-refractivity contribution is 7.98. The van der Waals surface area contributed by atoms with E-state index in [2.05, 4.69) is 9.64 Å². The predicted octanol–water partition coefficient (Wildman–Crippen LogP) is 6.03. The van der Waals surface area contributed by atoms with E-state index in [0.717, 1.165) is 31.4 Å². The summed E-state index contributed by atoms with van der Waals surface area (Å²) in [6, 6.07) is 13.0. The second-order valence-electron chi connectivity index (χ2n) is 10.5. The zero-order chi connectivity index (χ0) is 27.1. The summed E-state index contributed by atoms with van der Waals surface area (Å²) in [4.78, 5) is 14.5. The molecule has 2 aliphatic carbocycles. The molecular formula is C28H33FN2O5S2. The highest BCUT2D eigenvalue weighted by Crippen LogP contribution is 2.62. The molecule has 2 aromatic rings. The van der Waals surface area contributed by atoms with Gasteiger partial charge in [0.05, 0.1) is 22.7 Å². The number of hydrogen-bond acceptors (Lipinski definition) is 7. The molecule has 2 spiro atoms. The van der Waals surface area contributed by atoms with Crippen LogP contribution >= 0.6 is 11.8 Å². The number of halogens is 1. The van der Waals surface area contributed by atoms with Crippen molar-refractivity contribution in [2.45, 2.75) is 60.8 Å². The normalized spacial score (nSPS) is 21.6. The Hall–Kier alpha value is -2.56. The lowest BCUT2D eigenvalue weighted by Gasteiger charge is -2.58. The molecule has 5 rings (SSSR count). The van der Waals surface area contributed by atoms with E-state index in [1.165, 1.54) is 30.7 Å². The molecule has 204 valence electrons. The molecule has 0 saturated heterocycles. The number of nitrogens with zero attached hydrogens (tertiary/aromatic N) is 2. The highest BCUT2D eigenvalue weighted by Gasteiger charge is 2.61. The maximum absolute atomic E-state index is 14.2. The Bertz CT molecular complexity index is 1350. The number of sulfonamides is 1. The molecule has 0 N–H and O–H groups in total. The second kappa shape index (κ2) is 10.2. The van der Waals surface area contributed by atoms with E-state index >= 15 is 0 Å². The maximum Gasteiger partial charge on any atom is 0.370 e. The van der Waals surface area contributed by atoms with Gasteiger partial charge in [0, 0.05) is 25.3 Å². The quantitative estimate of drug-likeness (QED) is 0.185. The molecule has 2 saturated carbocycles. The van der Waals surface area contributed by atoms with Crippen LogP contribution in [0.1, 0.15) is 45.4 Å². The first-order valence-electron chi connectivity index (χ1n) is 12.9. The van der Waals surface area contributed by atoms with Gasteiger partial charge in [-0.05, 0) is 62.5 Å². The Morgan fingerprint density at radius 3 is 2.47 bits per heavy atom. The van der Waals surface area contributed by atoms with Crippen LogP contribution in [-0.2, 0) is 19.6 Å². The van der Waals surface area contributed by atoms with Crippen LogP contribution in [0.25, 0.3) is 0 Å². The average molecular weight is 561 g/mol.